The normalized spacial score (nSPS) is 13.7. The Hall–Kier alpha value is -0.970. The highest BCUT2D eigenvalue weighted by Crippen LogP contribution is 2.22. The van der Waals surface area contributed by atoms with Crippen LogP contribution in [0.15, 0.2) is 18.2 Å². The Morgan fingerprint density at radius 1 is 1.29 bits per heavy atom. The summed E-state index contributed by atoms with van der Waals surface area (Å²) in [6, 6.07) is 4.48. The number of halogens is 1. The SMILES string of the molecule is Cc1cc(F)ccc1C(O)CN(CCCO)CC(C)(C)C. The number of aliphatic hydroxyl groups is 2. The molecule has 0 aliphatic rings. The van der Waals surface area contributed by atoms with Gasteiger partial charge in [0.05, 0.1) is 6.10 Å². The molecule has 0 amide bonds. The zero-order valence-corrected chi connectivity index (χ0v) is 13.6. The minimum atomic E-state index is -0.647. The minimum Gasteiger partial charge on any atom is -0.396 e. The standard InChI is InChI=1S/C17H28FNO2/c1-13-10-14(18)6-7-15(13)16(21)11-19(8-5-9-20)12-17(2,3)4/h6-7,10,16,20-21H,5,8-9,11-12H2,1-4H3. The van der Waals surface area contributed by atoms with Gasteiger partial charge in [-0.2, -0.15) is 0 Å². The Bertz CT molecular complexity index is 443. The van der Waals surface area contributed by atoms with Gasteiger partial charge in [-0.05, 0) is 42.0 Å². The molecule has 1 unspecified atom stereocenters. The van der Waals surface area contributed by atoms with Gasteiger partial charge >= 0.3 is 0 Å². The van der Waals surface area contributed by atoms with Crippen LogP contribution >= 0.6 is 0 Å². The van der Waals surface area contributed by atoms with E-state index >= 15 is 0 Å². The van der Waals surface area contributed by atoms with Crippen molar-refractivity contribution in [2.24, 2.45) is 5.41 Å². The molecule has 0 heterocycles. The van der Waals surface area contributed by atoms with Gasteiger partial charge in [0.2, 0.25) is 0 Å². The molecule has 0 saturated heterocycles. The zero-order valence-electron chi connectivity index (χ0n) is 13.6. The summed E-state index contributed by atoms with van der Waals surface area (Å²) < 4.78 is 13.1. The summed E-state index contributed by atoms with van der Waals surface area (Å²) in [4.78, 5) is 2.16. The lowest BCUT2D eigenvalue weighted by Crippen LogP contribution is -2.37. The third-order valence-electron chi connectivity index (χ3n) is 3.35. The first-order valence-corrected chi connectivity index (χ1v) is 7.50. The fourth-order valence-corrected chi connectivity index (χ4v) is 2.56. The highest BCUT2D eigenvalue weighted by Gasteiger charge is 2.20. The molecule has 2 N–H and O–H groups in total. The predicted octanol–water partition coefficient (Wildman–Crippen LogP) is 2.90. The largest absolute Gasteiger partial charge is 0.396 e. The van der Waals surface area contributed by atoms with E-state index in [9.17, 15) is 9.50 Å². The zero-order chi connectivity index (χ0) is 16.0. The summed E-state index contributed by atoms with van der Waals surface area (Å²) >= 11 is 0. The van der Waals surface area contributed by atoms with Gasteiger partial charge < -0.3 is 10.2 Å². The lowest BCUT2D eigenvalue weighted by Gasteiger charge is -2.31. The van der Waals surface area contributed by atoms with Crippen molar-refractivity contribution in [1.29, 1.82) is 0 Å². The topological polar surface area (TPSA) is 43.7 Å². The van der Waals surface area contributed by atoms with Crippen LogP contribution in [0.25, 0.3) is 0 Å². The van der Waals surface area contributed by atoms with E-state index in [1.165, 1.54) is 12.1 Å². The second-order valence-electron chi connectivity index (χ2n) is 6.89. The molecule has 120 valence electrons. The van der Waals surface area contributed by atoms with E-state index < -0.39 is 6.10 Å². The molecule has 0 aromatic heterocycles. The Kier molecular flexibility index (Phi) is 6.78. The molecular weight excluding hydrogens is 269 g/mol. The summed E-state index contributed by atoms with van der Waals surface area (Å²) in [5, 5.41) is 19.4. The fourth-order valence-electron chi connectivity index (χ4n) is 2.56. The Morgan fingerprint density at radius 3 is 2.48 bits per heavy atom. The molecule has 1 rings (SSSR count). The fraction of sp³-hybridized carbons (Fsp3) is 0.647. The smallest absolute Gasteiger partial charge is 0.123 e. The Balaban J connectivity index is 2.76. The first kappa shape index (κ1) is 18.1. The minimum absolute atomic E-state index is 0.118. The van der Waals surface area contributed by atoms with Crippen LogP contribution in [0.3, 0.4) is 0 Å². The van der Waals surface area contributed by atoms with Crippen LogP contribution in [-0.4, -0.2) is 41.4 Å². The van der Waals surface area contributed by atoms with Crippen molar-refractivity contribution < 1.29 is 14.6 Å². The molecule has 1 atom stereocenters. The summed E-state index contributed by atoms with van der Waals surface area (Å²) in [6.07, 6.45) is 0.0391. The summed E-state index contributed by atoms with van der Waals surface area (Å²) in [5.74, 6) is -0.282. The number of aliphatic hydroxyl groups excluding tert-OH is 2. The van der Waals surface area contributed by atoms with Crippen LogP contribution in [0.4, 0.5) is 4.39 Å². The highest BCUT2D eigenvalue weighted by molar-refractivity contribution is 5.28. The van der Waals surface area contributed by atoms with Crippen LogP contribution in [0.2, 0.25) is 0 Å². The monoisotopic (exact) mass is 297 g/mol. The van der Waals surface area contributed by atoms with Crippen molar-refractivity contribution in [2.75, 3.05) is 26.2 Å². The van der Waals surface area contributed by atoms with Gasteiger partial charge in [0.25, 0.3) is 0 Å². The quantitative estimate of drug-likeness (QED) is 0.813. The molecule has 1 aromatic rings. The molecule has 0 bridgehead atoms. The maximum Gasteiger partial charge on any atom is 0.123 e. The maximum atomic E-state index is 13.1. The third kappa shape index (κ3) is 6.55. The number of hydrogen-bond acceptors (Lipinski definition) is 3. The van der Waals surface area contributed by atoms with E-state index in [1.54, 1.807) is 6.07 Å². The van der Waals surface area contributed by atoms with E-state index in [2.05, 4.69) is 25.7 Å². The highest BCUT2D eigenvalue weighted by atomic mass is 19.1. The first-order chi connectivity index (χ1) is 9.73. The van der Waals surface area contributed by atoms with Crippen LogP contribution in [0.1, 0.15) is 44.4 Å². The van der Waals surface area contributed by atoms with Crippen LogP contribution < -0.4 is 0 Å². The number of rotatable bonds is 7. The van der Waals surface area contributed by atoms with Gasteiger partial charge in [0, 0.05) is 26.2 Å². The average Bonchev–Trinajstić information content (AvgIpc) is 2.33. The number of benzene rings is 1. The third-order valence-corrected chi connectivity index (χ3v) is 3.35. The molecule has 0 radical (unpaired) electrons. The van der Waals surface area contributed by atoms with Crippen molar-refractivity contribution in [3.05, 3.63) is 35.1 Å². The number of aryl methyl sites for hydroxylation is 1. The van der Waals surface area contributed by atoms with Crippen molar-refractivity contribution in [2.45, 2.75) is 40.2 Å². The Labute approximate surface area is 127 Å². The lowest BCUT2D eigenvalue weighted by atomic mass is 9.95. The van der Waals surface area contributed by atoms with E-state index in [1.807, 2.05) is 6.92 Å². The van der Waals surface area contributed by atoms with Gasteiger partial charge in [-0.25, -0.2) is 4.39 Å². The number of nitrogens with zero attached hydrogens (tertiary/aromatic N) is 1. The van der Waals surface area contributed by atoms with E-state index in [-0.39, 0.29) is 17.8 Å². The van der Waals surface area contributed by atoms with Crippen molar-refractivity contribution >= 4 is 0 Å². The van der Waals surface area contributed by atoms with Gasteiger partial charge in [0.1, 0.15) is 5.82 Å². The van der Waals surface area contributed by atoms with Gasteiger partial charge in [-0.3, -0.25) is 4.90 Å². The number of hydrogen-bond donors (Lipinski definition) is 2. The van der Waals surface area contributed by atoms with Crippen molar-refractivity contribution in [1.82, 2.24) is 4.90 Å². The van der Waals surface area contributed by atoms with Crippen LogP contribution in [0.5, 0.6) is 0 Å². The summed E-state index contributed by atoms with van der Waals surface area (Å²) in [6.45, 7) is 10.5. The predicted molar refractivity (Wildman–Crippen MR) is 83.7 cm³/mol. The van der Waals surface area contributed by atoms with E-state index in [0.29, 0.717) is 13.0 Å². The molecule has 0 fully saturated rings. The molecule has 1 aromatic carbocycles. The van der Waals surface area contributed by atoms with Gasteiger partial charge in [0.15, 0.2) is 0 Å². The maximum absolute atomic E-state index is 13.1. The molecule has 0 spiro atoms. The summed E-state index contributed by atoms with van der Waals surface area (Å²) in [7, 11) is 0. The Morgan fingerprint density at radius 2 is 1.95 bits per heavy atom. The van der Waals surface area contributed by atoms with Crippen LogP contribution in [-0.2, 0) is 0 Å². The van der Waals surface area contributed by atoms with Crippen LogP contribution in [0, 0.1) is 18.2 Å². The molecule has 0 aliphatic heterocycles. The lowest BCUT2D eigenvalue weighted by molar-refractivity contribution is 0.0865. The first-order valence-electron chi connectivity index (χ1n) is 7.50. The second kappa shape index (κ2) is 7.87. The van der Waals surface area contributed by atoms with E-state index in [4.69, 9.17) is 5.11 Å². The molecular formula is C17H28FNO2. The van der Waals surface area contributed by atoms with Gasteiger partial charge in [-0.1, -0.05) is 26.8 Å². The molecule has 0 saturated carbocycles. The molecule has 21 heavy (non-hydrogen) atoms. The molecule has 3 nitrogen and oxygen atoms in total. The van der Waals surface area contributed by atoms with Crippen molar-refractivity contribution in [3.8, 4) is 0 Å². The second-order valence-corrected chi connectivity index (χ2v) is 6.89. The van der Waals surface area contributed by atoms with Crippen molar-refractivity contribution in [3.63, 3.8) is 0 Å². The van der Waals surface area contributed by atoms with E-state index in [0.717, 1.165) is 24.2 Å². The average molecular weight is 297 g/mol. The van der Waals surface area contributed by atoms with Gasteiger partial charge in [-0.15, -0.1) is 0 Å². The molecule has 0 aliphatic carbocycles. The summed E-state index contributed by atoms with van der Waals surface area (Å²) in [5.41, 5.74) is 1.65. The molecule has 4 heteroatoms.